The van der Waals surface area contributed by atoms with Gasteiger partial charge < -0.3 is 15.3 Å². The molecule has 7 nitrogen and oxygen atoms in total. The van der Waals surface area contributed by atoms with Crippen LogP contribution >= 0.6 is 0 Å². The van der Waals surface area contributed by atoms with Crippen LogP contribution in [0, 0.1) is 5.92 Å². The number of aliphatic hydroxyl groups excluding tert-OH is 1. The van der Waals surface area contributed by atoms with E-state index < -0.39 is 0 Å². The molecule has 0 radical (unpaired) electrons. The highest BCUT2D eigenvalue weighted by molar-refractivity contribution is 6.01. The van der Waals surface area contributed by atoms with E-state index in [-0.39, 0.29) is 55.9 Å². The van der Waals surface area contributed by atoms with Crippen molar-refractivity contribution in [1.29, 1.82) is 0 Å². The van der Waals surface area contributed by atoms with Crippen LogP contribution in [0.4, 0.5) is 4.79 Å². The predicted octanol–water partition coefficient (Wildman–Crippen LogP) is -0.206. The Labute approximate surface area is 118 Å². The molecule has 0 aromatic carbocycles. The number of amides is 4. The van der Waals surface area contributed by atoms with Gasteiger partial charge in [0.05, 0.1) is 12.6 Å². The average Bonchev–Trinajstić information content (AvgIpc) is 2.61. The third kappa shape index (κ3) is 4.19. The van der Waals surface area contributed by atoms with Crippen molar-refractivity contribution < 1.29 is 19.5 Å². The number of nitrogens with one attached hydrogen (secondary N) is 1. The Morgan fingerprint density at radius 3 is 2.50 bits per heavy atom. The molecular formula is C13H23N3O4. The molecule has 1 unspecified atom stereocenters. The summed E-state index contributed by atoms with van der Waals surface area (Å²) in [6, 6.07) is -0.575. The average molecular weight is 285 g/mol. The van der Waals surface area contributed by atoms with Crippen LogP contribution in [0.3, 0.4) is 0 Å². The van der Waals surface area contributed by atoms with Crippen LogP contribution in [0.1, 0.15) is 26.7 Å². The molecule has 1 atom stereocenters. The molecule has 4 amide bonds. The summed E-state index contributed by atoms with van der Waals surface area (Å²) in [6.07, 6.45) is 0.650. The smallest absolute Gasteiger partial charge is 0.326 e. The lowest BCUT2D eigenvalue weighted by Gasteiger charge is -2.20. The molecule has 0 bridgehead atoms. The molecule has 1 heterocycles. The maximum Gasteiger partial charge on any atom is 0.326 e. The minimum atomic E-state index is -0.314. The Hall–Kier alpha value is -1.63. The van der Waals surface area contributed by atoms with Crippen molar-refractivity contribution in [3.8, 4) is 0 Å². The summed E-state index contributed by atoms with van der Waals surface area (Å²) >= 11 is 0. The Morgan fingerprint density at radius 1 is 1.40 bits per heavy atom. The highest BCUT2D eigenvalue weighted by Crippen LogP contribution is 2.09. The van der Waals surface area contributed by atoms with Gasteiger partial charge in [-0.2, -0.15) is 0 Å². The van der Waals surface area contributed by atoms with E-state index in [1.54, 1.807) is 7.05 Å². The van der Waals surface area contributed by atoms with Crippen molar-refractivity contribution in [3.63, 3.8) is 0 Å². The van der Waals surface area contributed by atoms with Crippen molar-refractivity contribution in [3.05, 3.63) is 0 Å². The van der Waals surface area contributed by atoms with Crippen molar-refractivity contribution in [2.75, 3.05) is 26.7 Å². The first kappa shape index (κ1) is 16.4. The fourth-order valence-electron chi connectivity index (χ4n) is 1.99. The van der Waals surface area contributed by atoms with Gasteiger partial charge in [-0.1, -0.05) is 13.8 Å². The second-order valence-electron chi connectivity index (χ2n) is 5.39. The van der Waals surface area contributed by atoms with E-state index in [1.165, 1.54) is 9.80 Å². The lowest BCUT2D eigenvalue weighted by Crippen LogP contribution is -2.41. The third-order valence-corrected chi connectivity index (χ3v) is 3.36. The van der Waals surface area contributed by atoms with Gasteiger partial charge in [-0.05, 0) is 12.3 Å². The third-order valence-electron chi connectivity index (χ3n) is 3.36. The first-order valence-electron chi connectivity index (χ1n) is 6.82. The second-order valence-corrected chi connectivity index (χ2v) is 5.39. The van der Waals surface area contributed by atoms with Crippen LogP contribution in [0.15, 0.2) is 0 Å². The van der Waals surface area contributed by atoms with Crippen LogP contribution in [0.25, 0.3) is 0 Å². The quantitative estimate of drug-likeness (QED) is 0.634. The standard InChI is InChI=1S/C13H23N3O4/c1-9(2)10(8-17)14-11(18)5-4-6-16-12(19)7-15(3)13(16)20/h9-10,17H,4-8H2,1-3H3,(H,14,18). The summed E-state index contributed by atoms with van der Waals surface area (Å²) < 4.78 is 0. The zero-order valence-electron chi connectivity index (χ0n) is 12.3. The number of hydrogen-bond acceptors (Lipinski definition) is 4. The number of carbonyl (C=O) groups excluding carboxylic acids is 3. The largest absolute Gasteiger partial charge is 0.394 e. The van der Waals surface area contributed by atoms with Crippen LogP contribution in [0.5, 0.6) is 0 Å². The first-order valence-corrected chi connectivity index (χ1v) is 6.82. The minimum Gasteiger partial charge on any atom is -0.394 e. The maximum atomic E-state index is 11.7. The number of urea groups is 1. The van der Waals surface area contributed by atoms with Gasteiger partial charge in [0.2, 0.25) is 11.8 Å². The number of carbonyl (C=O) groups is 3. The highest BCUT2D eigenvalue weighted by atomic mass is 16.3. The molecule has 1 aliphatic rings. The zero-order valence-corrected chi connectivity index (χ0v) is 12.3. The van der Waals surface area contributed by atoms with Crippen molar-refractivity contribution in [2.24, 2.45) is 5.92 Å². The first-order chi connectivity index (χ1) is 9.36. The predicted molar refractivity (Wildman–Crippen MR) is 72.8 cm³/mol. The number of aliphatic hydroxyl groups is 1. The molecule has 0 saturated carbocycles. The SMILES string of the molecule is CC(C)C(CO)NC(=O)CCCN1C(=O)CN(C)C1=O. The molecule has 1 fully saturated rings. The van der Waals surface area contributed by atoms with E-state index in [0.29, 0.717) is 6.42 Å². The Bertz CT molecular complexity index is 384. The number of rotatable bonds is 7. The van der Waals surface area contributed by atoms with Gasteiger partial charge in [0, 0.05) is 20.0 Å². The normalized spacial score (nSPS) is 17.1. The van der Waals surface area contributed by atoms with E-state index in [9.17, 15) is 14.4 Å². The molecule has 0 aromatic rings. The number of nitrogens with zero attached hydrogens (tertiary/aromatic N) is 2. The zero-order chi connectivity index (χ0) is 15.3. The Kier molecular flexibility index (Phi) is 5.94. The molecule has 1 aliphatic heterocycles. The summed E-state index contributed by atoms with van der Waals surface area (Å²) in [4.78, 5) is 37.3. The van der Waals surface area contributed by atoms with Crippen molar-refractivity contribution >= 4 is 17.8 Å². The molecule has 20 heavy (non-hydrogen) atoms. The van der Waals surface area contributed by atoms with Crippen molar-refractivity contribution in [1.82, 2.24) is 15.1 Å². The van der Waals surface area contributed by atoms with Crippen molar-refractivity contribution in [2.45, 2.75) is 32.7 Å². The molecule has 2 N–H and O–H groups in total. The van der Waals surface area contributed by atoms with Gasteiger partial charge >= 0.3 is 6.03 Å². The van der Waals surface area contributed by atoms with Crippen LogP contribution in [-0.2, 0) is 9.59 Å². The van der Waals surface area contributed by atoms with Gasteiger partial charge in [0.15, 0.2) is 0 Å². The fraction of sp³-hybridized carbons (Fsp3) is 0.769. The molecule has 7 heteroatoms. The number of imide groups is 1. The molecule has 114 valence electrons. The minimum absolute atomic E-state index is 0.0999. The molecule has 0 aromatic heterocycles. The molecule has 1 saturated heterocycles. The van der Waals surface area contributed by atoms with Crippen LogP contribution < -0.4 is 5.32 Å². The van der Waals surface area contributed by atoms with Gasteiger partial charge in [-0.3, -0.25) is 14.5 Å². The van der Waals surface area contributed by atoms with Gasteiger partial charge in [0.25, 0.3) is 0 Å². The number of likely N-dealkylation sites (N-methyl/N-ethyl adjacent to an activating group) is 1. The summed E-state index contributed by atoms with van der Waals surface area (Å²) in [5.41, 5.74) is 0. The topological polar surface area (TPSA) is 89.9 Å². The van der Waals surface area contributed by atoms with E-state index in [1.807, 2.05) is 13.8 Å². The lowest BCUT2D eigenvalue weighted by molar-refractivity contribution is -0.126. The van der Waals surface area contributed by atoms with E-state index in [2.05, 4.69) is 5.32 Å². The van der Waals surface area contributed by atoms with Gasteiger partial charge in [-0.25, -0.2) is 4.79 Å². The van der Waals surface area contributed by atoms with Gasteiger partial charge in [0.1, 0.15) is 6.54 Å². The Morgan fingerprint density at radius 2 is 2.05 bits per heavy atom. The molecular weight excluding hydrogens is 262 g/mol. The highest BCUT2D eigenvalue weighted by Gasteiger charge is 2.32. The summed E-state index contributed by atoms with van der Waals surface area (Å²) in [5.74, 6) is -0.252. The second kappa shape index (κ2) is 7.23. The fourth-order valence-corrected chi connectivity index (χ4v) is 1.99. The summed E-state index contributed by atoms with van der Waals surface area (Å²) in [5, 5.41) is 11.9. The Balaban J connectivity index is 2.32. The molecule has 1 rings (SSSR count). The van der Waals surface area contributed by atoms with E-state index >= 15 is 0 Å². The maximum absolute atomic E-state index is 11.7. The van der Waals surface area contributed by atoms with Crippen LogP contribution in [0.2, 0.25) is 0 Å². The molecule has 0 aliphatic carbocycles. The van der Waals surface area contributed by atoms with E-state index in [4.69, 9.17) is 5.11 Å². The number of hydrogen-bond donors (Lipinski definition) is 2. The monoisotopic (exact) mass is 285 g/mol. The van der Waals surface area contributed by atoms with Gasteiger partial charge in [-0.15, -0.1) is 0 Å². The van der Waals surface area contributed by atoms with E-state index in [0.717, 1.165) is 0 Å². The lowest BCUT2D eigenvalue weighted by atomic mass is 10.1. The summed E-state index contributed by atoms with van der Waals surface area (Å²) in [6.45, 7) is 4.08. The van der Waals surface area contributed by atoms with Crippen LogP contribution in [-0.4, -0.2) is 65.5 Å². The molecule has 0 spiro atoms. The summed E-state index contributed by atoms with van der Waals surface area (Å²) in [7, 11) is 1.57.